The van der Waals surface area contributed by atoms with Crippen molar-refractivity contribution in [1.29, 1.82) is 0 Å². The Kier molecular flexibility index (Phi) is 6.22. The van der Waals surface area contributed by atoms with Gasteiger partial charge in [-0.05, 0) is 82.6 Å². The SMILES string of the molecule is c1ccc(-c2ccc3c(c2)c2cc4ccccc4cc2n3-c2nc3ccccc3nc2-c2cccc3c2c2ccccc2n3-c2ccccc2)cc1. The molecule has 0 unspecified atom stereocenters. The molecule has 8 aromatic carbocycles. The van der Waals surface area contributed by atoms with Crippen molar-refractivity contribution in [2.24, 2.45) is 0 Å². The first-order valence-electron chi connectivity index (χ1n) is 17.7. The molecule has 0 N–H and O–H groups in total. The second-order valence-electron chi connectivity index (χ2n) is 13.4. The summed E-state index contributed by atoms with van der Waals surface area (Å²) < 4.78 is 4.70. The van der Waals surface area contributed by atoms with E-state index in [-0.39, 0.29) is 0 Å². The number of aromatic nitrogens is 4. The van der Waals surface area contributed by atoms with Gasteiger partial charge in [0.2, 0.25) is 0 Å². The van der Waals surface area contributed by atoms with Crippen LogP contribution in [0.2, 0.25) is 0 Å². The third kappa shape index (κ3) is 4.28. The molecule has 0 amide bonds. The van der Waals surface area contributed by atoms with Crippen molar-refractivity contribution in [1.82, 2.24) is 19.1 Å². The minimum Gasteiger partial charge on any atom is -0.309 e. The molecule has 4 heteroatoms. The first-order valence-corrected chi connectivity index (χ1v) is 17.7. The first kappa shape index (κ1) is 28.8. The van der Waals surface area contributed by atoms with Crippen molar-refractivity contribution in [3.63, 3.8) is 0 Å². The molecule has 0 saturated carbocycles. The van der Waals surface area contributed by atoms with Crippen LogP contribution in [0.25, 0.3) is 99.3 Å². The third-order valence-corrected chi connectivity index (χ3v) is 10.5. The van der Waals surface area contributed by atoms with Crippen LogP contribution in [0.1, 0.15) is 0 Å². The van der Waals surface area contributed by atoms with Gasteiger partial charge in [0, 0.05) is 32.8 Å². The lowest BCUT2D eigenvalue weighted by Gasteiger charge is -2.15. The number of hydrogen-bond acceptors (Lipinski definition) is 2. The summed E-state index contributed by atoms with van der Waals surface area (Å²) in [6, 6.07) is 64.8. The fraction of sp³-hybridized carbons (Fsp3) is 0. The van der Waals surface area contributed by atoms with E-state index < -0.39 is 0 Å². The maximum absolute atomic E-state index is 5.50. The van der Waals surface area contributed by atoms with Gasteiger partial charge in [-0.1, -0.05) is 121 Å². The van der Waals surface area contributed by atoms with Crippen molar-refractivity contribution < 1.29 is 0 Å². The molecular weight excluding hydrogens is 633 g/mol. The van der Waals surface area contributed by atoms with Gasteiger partial charge in [0.15, 0.2) is 5.82 Å². The van der Waals surface area contributed by atoms with Crippen LogP contribution in [0.15, 0.2) is 182 Å². The maximum atomic E-state index is 5.50. The van der Waals surface area contributed by atoms with Gasteiger partial charge in [-0.15, -0.1) is 0 Å². The van der Waals surface area contributed by atoms with Crippen LogP contribution in [-0.4, -0.2) is 19.1 Å². The zero-order valence-corrected chi connectivity index (χ0v) is 28.1. The smallest absolute Gasteiger partial charge is 0.165 e. The number of benzene rings is 8. The minimum atomic E-state index is 0.811. The summed E-state index contributed by atoms with van der Waals surface area (Å²) in [5.74, 6) is 0.811. The molecule has 0 fully saturated rings. The standard InChI is InChI=1S/C48H30N4/c1-3-14-31(15-4-1)34-26-27-43-38(29-34)39-28-32-16-7-8-17-33(32)30-45(39)52(43)48-47(49-40-22-10-11-23-41(40)50-48)37-21-13-25-44-46(37)36-20-9-12-24-42(36)51(44)35-18-5-2-6-19-35/h1-30H. The summed E-state index contributed by atoms with van der Waals surface area (Å²) in [7, 11) is 0. The van der Waals surface area contributed by atoms with Crippen molar-refractivity contribution in [3.05, 3.63) is 182 Å². The minimum absolute atomic E-state index is 0.811. The van der Waals surface area contributed by atoms with Gasteiger partial charge >= 0.3 is 0 Å². The molecular formula is C48H30N4. The molecule has 4 nitrogen and oxygen atoms in total. The van der Waals surface area contributed by atoms with E-state index in [2.05, 4.69) is 179 Å². The molecule has 0 aliphatic carbocycles. The van der Waals surface area contributed by atoms with Crippen LogP contribution in [0.4, 0.5) is 0 Å². The Balaban J connectivity index is 1.28. The van der Waals surface area contributed by atoms with E-state index in [1.165, 1.54) is 38.1 Å². The highest BCUT2D eigenvalue weighted by Crippen LogP contribution is 2.43. The van der Waals surface area contributed by atoms with Crippen molar-refractivity contribution >= 4 is 65.4 Å². The van der Waals surface area contributed by atoms with Gasteiger partial charge in [-0.2, -0.15) is 0 Å². The predicted molar refractivity (Wildman–Crippen MR) is 217 cm³/mol. The molecule has 0 saturated heterocycles. The second kappa shape index (κ2) is 11.2. The topological polar surface area (TPSA) is 35.6 Å². The predicted octanol–water partition coefficient (Wildman–Crippen LogP) is 12.3. The summed E-state index contributed by atoms with van der Waals surface area (Å²) in [5, 5.41) is 7.10. The van der Waals surface area contributed by atoms with E-state index in [1.54, 1.807) is 0 Å². The van der Waals surface area contributed by atoms with E-state index in [1.807, 2.05) is 12.1 Å². The van der Waals surface area contributed by atoms with Crippen molar-refractivity contribution in [2.45, 2.75) is 0 Å². The Hall–Kier alpha value is -7.04. The van der Waals surface area contributed by atoms with E-state index in [0.29, 0.717) is 0 Å². The van der Waals surface area contributed by atoms with Gasteiger partial charge in [-0.25, -0.2) is 9.97 Å². The molecule has 0 aliphatic rings. The van der Waals surface area contributed by atoms with Gasteiger partial charge < -0.3 is 4.57 Å². The Morgan fingerprint density at radius 3 is 1.83 bits per heavy atom. The summed E-state index contributed by atoms with van der Waals surface area (Å²) in [6.07, 6.45) is 0. The molecule has 0 atom stereocenters. The molecule has 52 heavy (non-hydrogen) atoms. The summed E-state index contributed by atoms with van der Waals surface area (Å²) in [6.45, 7) is 0. The largest absolute Gasteiger partial charge is 0.309 e. The van der Waals surface area contributed by atoms with Crippen LogP contribution >= 0.6 is 0 Å². The Bertz CT molecular complexity index is 3170. The summed E-state index contributed by atoms with van der Waals surface area (Å²) in [4.78, 5) is 11.0. The fourth-order valence-electron chi connectivity index (χ4n) is 8.14. The Labute approximate surface area is 299 Å². The highest BCUT2D eigenvalue weighted by molar-refractivity contribution is 6.18. The van der Waals surface area contributed by atoms with Crippen LogP contribution in [-0.2, 0) is 0 Å². The second-order valence-corrected chi connectivity index (χ2v) is 13.4. The Morgan fingerprint density at radius 1 is 0.365 bits per heavy atom. The number of para-hydroxylation sites is 4. The number of rotatable bonds is 4. The lowest BCUT2D eigenvalue weighted by atomic mass is 10.0. The zero-order valence-electron chi connectivity index (χ0n) is 28.1. The normalized spacial score (nSPS) is 11.8. The van der Waals surface area contributed by atoms with Gasteiger partial charge in [0.25, 0.3) is 0 Å². The van der Waals surface area contributed by atoms with E-state index in [9.17, 15) is 0 Å². The monoisotopic (exact) mass is 662 g/mol. The summed E-state index contributed by atoms with van der Waals surface area (Å²) in [5.41, 5.74) is 11.6. The molecule has 11 aromatic rings. The van der Waals surface area contributed by atoms with Crippen LogP contribution < -0.4 is 0 Å². The average Bonchev–Trinajstić information content (AvgIpc) is 3.72. The first-order chi connectivity index (χ1) is 25.8. The molecule has 3 aromatic heterocycles. The number of nitrogens with zero attached hydrogens (tertiary/aromatic N) is 4. The molecule has 242 valence electrons. The third-order valence-electron chi connectivity index (χ3n) is 10.5. The average molecular weight is 663 g/mol. The van der Waals surface area contributed by atoms with Crippen molar-refractivity contribution in [3.8, 4) is 33.9 Å². The van der Waals surface area contributed by atoms with Crippen LogP contribution in [0, 0.1) is 0 Å². The number of fused-ring (bicyclic) bond motifs is 8. The van der Waals surface area contributed by atoms with E-state index in [0.717, 1.165) is 61.2 Å². The molecule has 11 rings (SSSR count). The van der Waals surface area contributed by atoms with Gasteiger partial charge in [0.1, 0.15) is 5.69 Å². The van der Waals surface area contributed by atoms with Gasteiger partial charge in [0.05, 0.1) is 33.1 Å². The molecule has 3 heterocycles. The quantitative estimate of drug-likeness (QED) is 0.188. The van der Waals surface area contributed by atoms with Crippen LogP contribution in [0.5, 0.6) is 0 Å². The number of hydrogen-bond donors (Lipinski definition) is 0. The highest BCUT2D eigenvalue weighted by Gasteiger charge is 2.23. The zero-order chi connectivity index (χ0) is 34.2. The van der Waals surface area contributed by atoms with E-state index in [4.69, 9.17) is 9.97 Å². The van der Waals surface area contributed by atoms with Gasteiger partial charge in [-0.3, -0.25) is 4.57 Å². The fourth-order valence-corrected chi connectivity index (χ4v) is 8.14. The Morgan fingerprint density at radius 2 is 1.00 bits per heavy atom. The molecule has 0 spiro atoms. The van der Waals surface area contributed by atoms with Crippen LogP contribution in [0.3, 0.4) is 0 Å². The van der Waals surface area contributed by atoms with E-state index >= 15 is 0 Å². The molecule has 0 bridgehead atoms. The lowest BCUT2D eigenvalue weighted by Crippen LogP contribution is -2.04. The molecule has 0 radical (unpaired) electrons. The maximum Gasteiger partial charge on any atom is 0.165 e. The highest BCUT2D eigenvalue weighted by atomic mass is 15.1. The van der Waals surface area contributed by atoms with Crippen molar-refractivity contribution in [2.75, 3.05) is 0 Å². The summed E-state index contributed by atoms with van der Waals surface area (Å²) >= 11 is 0. The lowest BCUT2D eigenvalue weighted by molar-refractivity contribution is 1.08. The molecule has 0 aliphatic heterocycles.